The third-order valence-electron chi connectivity index (χ3n) is 7.59. The fourth-order valence-corrected chi connectivity index (χ4v) is 6.13. The molecule has 2 bridgehead atoms. The zero-order chi connectivity index (χ0) is 22.8. The van der Waals surface area contributed by atoms with Crippen molar-refractivity contribution in [2.75, 3.05) is 18.4 Å². The highest BCUT2D eigenvalue weighted by Gasteiger charge is 2.55. The highest BCUT2D eigenvalue weighted by atomic mass is 19.3. The van der Waals surface area contributed by atoms with E-state index >= 15 is 0 Å². The molecular formula is C28H30F2N2O. The normalized spacial score (nSPS) is 26.5. The lowest BCUT2D eigenvalue weighted by Crippen LogP contribution is -2.70. The number of rotatable bonds is 7. The van der Waals surface area contributed by atoms with Crippen molar-refractivity contribution < 1.29 is 13.5 Å². The van der Waals surface area contributed by atoms with Gasteiger partial charge in [-0.05, 0) is 62.0 Å². The van der Waals surface area contributed by atoms with Crippen molar-refractivity contribution in [3.05, 3.63) is 96.1 Å². The maximum absolute atomic E-state index is 13.1. The van der Waals surface area contributed by atoms with E-state index < -0.39 is 6.61 Å². The Labute approximate surface area is 194 Å². The summed E-state index contributed by atoms with van der Waals surface area (Å²) in [5.41, 5.74) is 2.91. The number of halogens is 2. The van der Waals surface area contributed by atoms with E-state index in [9.17, 15) is 8.78 Å². The summed E-state index contributed by atoms with van der Waals surface area (Å²) in [7, 11) is 0. The SMILES string of the molecule is CC1(C(c2ccccc2)c2ccccc2)C(Nc2ccccc2OC(F)F)C2CCN1CC2. The molecule has 1 N–H and O–H groups in total. The van der Waals surface area contributed by atoms with Crippen molar-refractivity contribution in [1.29, 1.82) is 0 Å². The Hall–Kier alpha value is -2.92. The topological polar surface area (TPSA) is 24.5 Å². The summed E-state index contributed by atoms with van der Waals surface area (Å²) >= 11 is 0. The molecule has 172 valence electrons. The Balaban J connectivity index is 1.60. The predicted octanol–water partition coefficient (Wildman–Crippen LogP) is 6.38. The first-order valence-corrected chi connectivity index (χ1v) is 11.7. The van der Waals surface area contributed by atoms with Crippen LogP contribution in [0, 0.1) is 5.92 Å². The summed E-state index contributed by atoms with van der Waals surface area (Å²) in [6.07, 6.45) is 2.20. The molecule has 2 unspecified atom stereocenters. The first kappa shape index (κ1) is 21.9. The first-order valence-electron chi connectivity index (χ1n) is 11.7. The van der Waals surface area contributed by atoms with E-state index in [1.165, 1.54) is 11.1 Å². The van der Waals surface area contributed by atoms with Gasteiger partial charge in [0.25, 0.3) is 0 Å². The van der Waals surface area contributed by atoms with Gasteiger partial charge in [-0.3, -0.25) is 4.90 Å². The second kappa shape index (κ2) is 9.14. The van der Waals surface area contributed by atoms with Gasteiger partial charge >= 0.3 is 6.61 Å². The van der Waals surface area contributed by atoms with Crippen molar-refractivity contribution in [2.24, 2.45) is 5.92 Å². The molecule has 0 radical (unpaired) electrons. The molecule has 0 aliphatic carbocycles. The number of fused-ring (bicyclic) bond motifs is 3. The average molecular weight is 449 g/mol. The van der Waals surface area contributed by atoms with E-state index in [0.717, 1.165) is 25.9 Å². The highest BCUT2D eigenvalue weighted by Crippen LogP contribution is 2.50. The van der Waals surface area contributed by atoms with Gasteiger partial charge in [0.2, 0.25) is 0 Å². The molecule has 2 atom stereocenters. The number of para-hydroxylation sites is 2. The Kier molecular flexibility index (Phi) is 6.07. The molecule has 3 saturated heterocycles. The molecule has 3 aromatic carbocycles. The standard InChI is InChI=1S/C28H30F2N2O/c1-28(25(20-10-4-2-5-11-20)21-12-6-3-7-13-21)26(22-16-18-32(28)19-17-22)31-23-14-8-9-15-24(23)33-27(29)30/h2-15,22,25-27,31H,16-19H2,1H3. The fourth-order valence-electron chi connectivity index (χ4n) is 6.13. The van der Waals surface area contributed by atoms with Gasteiger partial charge in [0.05, 0.1) is 5.69 Å². The van der Waals surface area contributed by atoms with Crippen LogP contribution in [0.5, 0.6) is 5.75 Å². The zero-order valence-corrected chi connectivity index (χ0v) is 18.8. The van der Waals surface area contributed by atoms with Crippen LogP contribution >= 0.6 is 0 Å². The van der Waals surface area contributed by atoms with Gasteiger partial charge in [-0.15, -0.1) is 0 Å². The van der Waals surface area contributed by atoms with Crippen LogP contribution in [0.3, 0.4) is 0 Å². The smallest absolute Gasteiger partial charge is 0.387 e. The summed E-state index contributed by atoms with van der Waals surface area (Å²) in [4.78, 5) is 2.60. The minimum Gasteiger partial charge on any atom is -0.433 e. The molecular weight excluding hydrogens is 418 g/mol. The molecule has 3 aliphatic heterocycles. The molecule has 33 heavy (non-hydrogen) atoms. The number of nitrogens with one attached hydrogen (secondary N) is 1. The van der Waals surface area contributed by atoms with Gasteiger partial charge in [0, 0.05) is 17.5 Å². The van der Waals surface area contributed by atoms with Crippen LogP contribution in [0.2, 0.25) is 0 Å². The van der Waals surface area contributed by atoms with Crippen LogP contribution < -0.4 is 10.1 Å². The number of ether oxygens (including phenoxy) is 1. The number of alkyl halides is 2. The van der Waals surface area contributed by atoms with Gasteiger partial charge in [0.1, 0.15) is 5.75 Å². The highest BCUT2D eigenvalue weighted by molar-refractivity contribution is 5.58. The van der Waals surface area contributed by atoms with Crippen molar-refractivity contribution in [3.8, 4) is 5.75 Å². The molecule has 5 heteroatoms. The number of piperidine rings is 3. The maximum Gasteiger partial charge on any atom is 0.387 e. The molecule has 3 heterocycles. The van der Waals surface area contributed by atoms with E-state index in [2.05, 4.69) is 77.8 Å². The van der Waals surface area contributed by atoms with Gasteiger partial charge in [-0.2, -0.15) is 8.78 Å². The molecule has 3 fully saturated rings. The van der Waals surface area contributed by atoms with Gasteiger partial charge in [-0.1, -0.05) is 72.8 Å². The van der Waals surface area contributed by atoms with Gasteiger partial charge in [0.15, 0.2) is 0 Å². The number of hydrogen-bond acceptors (Lipinski definition) is 3. The molecule has 6 rings (SSSR count). The maximum atomic E-state index is 13.1. The number of nitrogens with zero attached hydrogens (tertiary/aromatic N) is 1. The monoisotopic (exact) mass is 448 g/mol. The minimum absolute atomic E-state index is 0.0767. The second-order valence-corrected chi connectivity index (χ2v) is 9.30. The molecule has 0 spiro atoms. The van der Waals surface area contributed by atoms with Gasteiger partial charge < -0.3 is 10.1 Å². The zero-order valence-electron chi connectivity index (χ0n) is 18.8. The first-order chi connectivity index (χ1) is 16.1. The molecule has 0 amide bonds. The minimum atomic E-state index is -2.85. The lowest BCUT2D eigenvalue weighted by molar-refractivity contribution is -0.0505. The summed E-state index contributed by atoms with van der Waals surface area (Å²) < 4.78 is 31.0. The van der Waals surface area contributed by atoms with Crippen LogP contribution in [0.25, 0.3) is 0 Å². The summed E-state index contributed by atoms with van der Waals surface area (Å²) in [5.74, 6) is 0.778. The lowest BCUT2D eigenvalue weighted by atomic mass is 9.62. The summed E-state index contributed by atoms with van der Waals surface area (Å²) in [6, 6.07) is 28.4. The largest absolute Gasteiger partial charge is 0.433 e. The van der Waals surface area contributed by atoms with Crippen LogP contribution in [0.15, 0.2) is 84.9 Å². The summed E-state index contributed by atoms with van der Waals surface area (Å²) in [6.45, 7) is 1.58. The van der Waals surface area contributed by atoms with Crippen molar-refractivity contribution in [1.82, 2.24) is 4.90 Å². The number of anilines is 1. The van der Waals surface area contributed by atoms with Crippen LogP contribution in [0.4, 0.5) is 14.5 Å². The second-order valence-electron chi connectivity index (χ2n) is 9.30. The van der Waals surface area contributed by atoms with Crippen molar-refractivity contribution >= 4 is 5.69 Å². The molecule has 3 aliphatic rings. The van der Waals surface area contributed by atoms with E-state index in [-0.39, 0.29) is 23.2 Å². The van der Waals surface area contributed by atoms with Crippen LogP contribution in [-0.4, -0.2) is 36.2 Å². The van der Waals surface area contributed by atoms with Crippen molar-refractivity contribution in [3.63, 3.8) is 0 Å². The van der Waals surface area contributed by atoms with E-state index in [4.69, 9.17) is 4.74 Å². The van der Waals surface area contributed by atoms with E-state index in [1.54, 1.807) is 12.1 Å². The van der Waals surface area contributed by atoms with Gasteiger partial charge in [-0.25, -0.2) is 0 Å². The Bertz CT molecular complexity index is 1010. The third kappa shape index (κ3) is 4.10. The number of hydrogen-bond donors (Lipinski definition) is 1. The molecule has 0 aromatic heterocycles. The predicted molar refractivity (Wildman–Crippen MR) is 128 cm³/mol. The summed E-state index contributed by atoms with van der Waals surface area (Å²) in [5, 5.41) is 3.70. The van der Waals surface area contributed by atoms with E-state index in [0.29, 0.717) is 11.6 Å². The van der Waals surface area contributed by atoms with Crippen LogP contribution in [-0.2, 0) is 0 Å². The third-order valence-corrected chi connectivity index (χ3v) is 7.59. The average Bonchev–Trinajstić information content (AvgIpc) is 2.84. The lowest BCUT2D eigenvalue weighted by Gasteiger charge is -2.61. The fraction of sp³-hybridized carbons (Fsp3) is 0.357. The molecule has 3 aromatic rings. The Morgan fingerprint density at radius 3 is 1.97 bits per heavy atom. The van der Waals surface area contributed by atoms with Crippen LogP contribution in [0.1, 0.15) is 36.8 Å². The molecule has 3 nitrogen and oxygen atoms in total. The van der Waals surface area contributed by atoms with Crippen molar-refractivity contribution in [2.45, 2.75) is 43.9 Å². The molecule has 0 saturated carbocycles. The quantitative estimate of drug-likeness (QED) is 0.454. The Morgan fingerprint density at radius 2 is 1.39 bits per heavy atom. The Morgan fingerprint density at radius 1 is 0.848 bits per heavy atom. The number of benzene rings is 3. The van der Waals surface area contributed by atoms with E-state index in [1.807, 2.05) is 12.1 Å².